The fourth-order valence-electron chi connectivity index (χ4n) is 5.17. The van der Waals surface area contributed by atoms with Crippen molar-refractivity contribution in [3.8, 4) is 0 Å². The van der Waals surface area contributed by atoms with Crippen molar-refractivity contribution in [3.05, 3.63) is 0 Å². The van der Waals surface area contributed by atoms with Crippen LogP contribution in [0.15, 0.2) is 0 Å². The zero-order valence-electron chi connectivity index (χ0n) is 12.5. The van der Waals surface area contributed by atoms with Crippen LogP contribution in [0, 0.1) is 11.3 Å². The summed E-state index contributed by atoms with van der Waals surface area (Å²) >= 11 is 0. The molecule has 3 nitrogen and oxygen atoms in total. The zero-order chi connectivity index (χ0) is 13.6. The van der Waals surface area contributed by atoms with Crippen molar-refractivity contribution in [2.45, 2.75) is 69.7 Å². The van der Waals surface area contributed by atoms with Crippen LogP contribution in [-0.4, -0.2) is 36.1 Å². The summed E-state index contributed by atoms with van der Waals surface area (Å²) in [5.74, 6) is 0.805. The maximum atomic E-state index is 13.0. The van der Waals surface area contributed by atoms with Gasteiger partial charge in [0.15, 0.2) is 0 Å². The molecule has 1 saturated heterocycles. The van der Waals surface area contributed by atoms with Crippen LogP contribution in [0.3, 0.4) is 0 Å². The van der Waals surface area contributed by atoms with Crippen molar-refractivity contribution in [2.75, 3.05) is 19.8 Å². The summed E-state index contributed by atoms with van der Waals surface area (Å²) in [5.41, 5.74) is 0.669. The zero-order valence-corrected chi connectivity index (χ0v) is 12.5. The molecule has 0 unspecified atom stereocenters. The number of morpholine rings is 1. The third-order valence-electron chi connectivity index (χ3n) is 6.58. The summed E-state index contributed by atoms with van der Waals surface area (Å²) in [6, 6.07) is 0. The lowest BCUT2D eigenvalue weighted by Gasteiger charge is -2.57. The molecule has 0 atom stereocenters. The van der Waals surface area contributed by atoms with Gasteiger partial charge >= 0.3 is 0 Å². The molecule has 4 fully saturated rings. The van der Waals surface area contributed by atoms with Gasteiger partial charge in [0, 0.05) is 12.5 Å². The Bertz CT molecular complexity index is 380. The second kappa shape index (κ2) is 4.72. The van der Waals surface area contributed by atoms with Crippen LogP contribution in [0.5, 0.6) is 0 Å². The van der Waals surface area contributed by atoms with E-state index in [0.717, 1.165) is 32.6 Å². The first-order valence-corrected chi connectivity index (χ1v) is 8.62. The third kappa shape index (κ3) is 1.93. The van der Waals surface area contributed by atoms with Crippen LogP contribution in [0.1, 0.15) is 64.2 Å². The average molecular weight is 277 g/mol. The number of rotatable bonds is 1. The minimum Gasteiger partial charge on any atom is -0.377 e. The summed E-state index contributed by atoms with van der Waals surface area (Å²) in [5, 5.41) is 0. The Balaban J connectivity index is 1.46. The number of carbonyl (C=O) groups excluding carboxylic acids is 1. The quantitative estimate of drug-likeness (QED) is 0.737. The second-order valence-electron chi connectivity index (χ2n) is 7.79. The van der Waals surface area contributed by atoms with Crippen molar-refractivity contribution in [3.63, 3.8) is 0 Å². The topological polar surface area (TPSA) is 29.5 Å². The van der Waals surface area contributed by atoms with E-state index in [9.17, 15) is 4.79 Å². The van der Waals surface area contributed by atoms with Crippen LogP contribution < -0.4 is 0 Å². The Morgan fingerprint density at radius 1 is 1.00 bits per heavy atom. The molecule has 3 aliphatic carbocycles. The van der Waals surface area contributed by atoms with Gasteiger partial charge in [-0.25, -0.2) is 0 Å². The molecular weight excluding hydrogens is 250 g/mol. The standard InChI is InChI=1S/C17H27NO2/c19-15(14-11-16(12-14)5-4-6-16)18-9-10-20-13-17(18)7-2-1-3-8-17/h14H,1-13H2. The largest absolute Gasteiger partial charge is 0.377 e. The molecule has 0 aromatic carbocycles. The highest BCUT2D eigenvalue weighted by Gasteiger charge is 2.53. The van der Waals surface area contributed by atoms with Gasteiger partial charge in [-0.1, -0.05) is 25.7 Å². The van der Waals surface area contributed by atoms with Crippen LogP contribution in [0.2, 0.25) is 0 Å². The van der Waals surface area contributed by atoms with Crippen molar-refractivity contribution in [1.82, 2.24) is 4.90 Å². The van der Waals surface area contributed by atoms with Gasteiger partial charge in [-0.2, -0.15) is 0 Å². The predicted octanol–water partition coefficient (Wildman–Crippen LogP) is 3.13. The molecule has 0 N–H and O–H groups in total. The Labute approximate surface area is 122 Å². The number of amides is 1. The van der Waals surface area contributed by atoms with Gasteiger partial charge in [0.1, 0.15) is 0 Å². The molecule has 1 heterocycles. The van der Waals surface area contributed by atoms with Gasteiger partial charge in [0.25, 0.3) is 0 Å². The summed E-state index contributed by atoms with van der Waals surface area (Å²) in [6.45, 7) is 2.37. The Kier molecular flexibility index (Phi) is 3.10. The van der Waals surface area contributed by atoms with E-state index in [1.165, 1.54) is 51.4 Å². The summed E-state index contributed by atoms with van der Waals surface area (Å²) in [6.07, 6.45) is 12.7. The lowest BCUT2D eigenvalue weighted by molar-refractivity contribution is -0.168. The molecule has 0 aromatic heterocycles. The van der Waals surface area contributed by atoms with Crippen molar-refractivity contribution >= 4 is 5.91 Å². The molecule has 0 bridgehead atoms. The van der Waals surface area contributed by atoms with E-state index < -0.39 is 0 Å². The van der Waals surface area contributed by atoms with E-state index in [0.29, 0.717) is 17.2 Å². The number of nitrogens with zero attached hydrogens (tertiary/aromatic N) is 1. The van der Waals surface area contributed by atoms with E-state index in [2.05, 4.69) is 4.90 Å². The Morgan fingerprint density at radius 3 is 2.40 bits per heavy atom. The molecule has 1 aliphatic heterocycles. The molecule has 2 spiro atoms. The van der Waals surface area contributed by atoms with Crippen LogP contribution in [0.25, 0.3) is 0 Å². The number of hydrogen-bond donors (Lipinski definition) is 0. The lowest BCUT2D eigenvalue weighted by Crippen LogP contribution is -2.63. The first-order valence-electron chi connectivity index (χ1n) is 8.62. The smallest absolute Gasteiger partial charge is 0.226 e. The molecule has 1 amide bonds. The molecule has 4 aliphatic rings. The summed E-state index contributed by atoms with van der Waals surface area (Å²) in [4.78, 5) is 15.2. The van der Waals surface area contributed by atoms with Gasteiger partial charge in [0.2, 0.25) is 5.91 Å². The lowest BCUT2D eigenvalue weighted by atomic mass is 9.51. The Hall–Kier alpha value is -0.570. The van der Waals surface area contributed by atoms with Crippen LogP contribution in [0.4, 0.5) is 0 Å². The van der Waals surface area contributed by atoms with Gasteiger partial charge in [0.05, 0.1) is 18.8 Å². The first kappa shape index (κ1) is 13.1. The first-order chi connectivity index (χ1) is 9.73. The van der Waals surface area contributed by atoms with Crippen molar-refractivity contribution in [1.29, 1.82) is 0 Å². The normalized spacial score (nSPS) is 31.9. The highest BCUT2D eigenvalue weighted by atomic mass is 16.5. The van der Waals surface area contributed by atoms with E-state index in [-0.39, 0.29) is 5.54 Å². The molecular formula is C17H27NO2. The summed E-state index contributed by atoms with van der Waals surface area (Å²) in [7, 11) is 0. The molecule has 0 radical (unpaired) electrons. The highest BCUT2D eigenvalue weighted by Crippen LogP contribution is 2.59. The monoisotopic (exact) mass is 277 g/mol. The summed E-state index contributed by atoms with van der Waals surface area (Å²) < 4.78 is 5.75. The van der Waals surface area contributed by atoms with Crippen LogP contribution >= 0.6 is 0 Å². The van der Waals surface area contributed by atoms with E-state index in [4.69, 9.17) is 4.74 Å². The van der Waals surface area contributed by atoms with E-state index in [1.807, 2.05) is 0 Å². The van der Waals surface area contributed by atoms with Crippen molar-refractivity contribution in [2.24, 2.45) is 11.3 Å². The molecule has 3 saturated carbocycles. The molecule has 3 heteroatoms. The SMILES string of the molecule is O=C(C1CC2(CCC2)C1)N1CCOCC12CCCCC2. The third-order valence-corrected chi connectivity index (χ3v) is 6.58. The fraction of sp³-hybridized carbons (Fsp3) is 0.941. The average Bonchev–Trinajstić information content (AvgIpc) is 2.37. The maximum Gasteiger partial charge on any atom is 0.226 e. The van der Waals surface area contributed by atoms with Gasteiger partial charge in [-0.05, 0) is 43.9 Å². The fourth-order valence-corrected chi connectivity index (χ4v) is 5.17. The van der Waals surface area contributed by atoms with Gasteiger partial charge < -0.3 is 9.64 Å². The van der Waals surface area contributed by atoms with Gasteiger partial charge in [-0.15, -0.1) is 0 Å². The second-order valence-corrected chi connectivity index (χ2v) is 7.79. The van der Waals surface area contributed by atoms with E-state index >= 15 is 0 Å². The Morgan fingerprint density at radius 2 is 1.75 bits per heavy atom. The van der Waals surface area contributed by atoms with Crippen molar-refractivity contribution < 1.29 is 9.53 Å². The van der Waals surface area contributed by atoms with Gasteiger partial charge in [-0.3, -0.25) is 4.79 Å². The molecule has 112 valence electrons. The van der Waals surface area contributed by atoms with Crippen LogP contribution in [-0.2, 0) is 9.53 Å². The number of hydrogen-bond acceptors (Lipinski definition) is 2. The highest BCUT2D eigenvalue weighted by molar-refractivity contribution is 5.81. The predicted molar refractivity (Wildman–Crippen MR) is 77.4 cm³/mol. The molecule has 4 rings (SSSR count). The minimum atomic E-state index is 0.0654. The number of ether oxygens (including phenoxy) is 1. The number of carbonyl (C=O) groups is 1. The maximum absolute atomic E-state index is 13.0. The molecule has 0 aromatic rings. The van der Waals surface area contributed by atoms with E-state index in [1.54, 1.807) is 0 Å². The molecule has 20 heavy (non-hydrogen) atoms. The minimum absolute atomic E-state index is 0.0654.